The number of benzene rings is 1. The second-order valence-corrected chi connectivity index (χ2v) is 26.0. The fourth-order valence-corrected chi connectivity index (χ4v) is 11.9. The van der Waals surface area contributed by atoms with Crippen LogP contribution >= 0.6 is 0 Å². The van der Waals surface area contributed by atoms with Crippen LogP contribution in [-0.2, 0) is 28.4 Å². The third-order valence-electron chi connectivity index (χ3n) is 17.6. The van der Waals surface area contributed by atoms with Crippen molar-refractivity contribution in [1.82, 2.24) is 0 Å². The Morgan fingerprint density at radius 2 is 0.244 bits per heavy atom. The SMILES string of the molecule is CCCCCCCCCCCOC(=O)c1c(C(=O)OCCCCCCCCCCC)c(C(=O)OCCCCCCCCCCC)c(C(=O)OCCCCCCCCCCC)c(C(=O)OCCCCCCCCCCC)c1C(=O)OCCCCCCCCCCC. The molecule has 0 saturated heterocycles. The van der Waals surface area contributed by atoms with Gasteiger partial charge in [0.15, 0.2) is 0 Å². The minimum atomic E-state index is -1.12. The zero-order valence-corrected chi connectivity index (χ0v) is 59.3. The van der Waals surface area contributed by atoms with Crippen LogP contribution in [0.1, 0.15) is 450 Å². The highest BCUT2D eigenvalue weighted by atomic mass is 16.6. The summed E-state index contributed by atoms with van der Waals surface area (Å²) in [5.41, 5.74) is -4.00. The topological polar surface area (TPSA) is 158 Å². The minimum Gasteiger partial charge on any atom is -0.462 e. The second kappa shape index (κ2) is 62.5. The van der Waals surface area contributed by atoms with Crippen LogP contribution in [-0.4, -0.2) is 75.5 Å². The molecular formula is C78H138O12. The van der Waals surface area contributed by atoms with Crippen LogP contribution in [0.2, 0.25) is 0 Å². The molecule has 0 amide bonds. The number of hydrogen-bond acceptors (Lipinski definition) is 12. The molecule has 0 aliphatic rings. The lowest BCUT2D eigenvalue weighted by Crippen LogP contribution is -2.32. The van der Waals surface area contributed by atoms with Crippen molar-refractivity contribution < 1.29 is 57.2 Å². The van der Waals surface area contributed by atoms with E-state index in [-0.39, 0.29) is 39.6 Å². The van der Waals surface area contributed by atoms with Crippen LogP contribution in [0.15, 0.2) is 0 Å². The van der Waals surface area contributed by atoms with E-state index in [1.807, 2.05) is 0 Å². The Bertz CT molecular complexity index is 1560. The first-order valence-electron chi connectivity index (χ1n) is 38.4. The summed E-state index contributed by atoms with van der Waals surface area (Å²) >= 11 is 0. The number of esters is 6. The number of ether oxygens (including phenoxy) is 6. The summed E-state index contributed by atoms with van der Waals surface area (Å²) in [5, 5.41) is 0. The largest absolute Gasteiger partial charge is 0.462 e. The average Bonchev–Trinajstić information content (AvgIpc) is 0.773. The summed E-state index contributed by atoms with van der Waals surface area (Å²) in [5.74, 6) is -6.69. The van der Waals surface area contributed by atoms with Crippen molar-refractivity contribution in [1.29, 1.82) is 0 Å². The maximum atomic E-state index is 15.2. The zero-order chi connectivity index (χ0) is 65.6. The molecule has 0 heterocycles. The Kier molecular flexibility index (Phi) is 58.4. The molecule has 0 N–H and O–H groups in total. The first kappa shape index (κ1) is 84.1. The summed E-state index contributed by atoms with van der Waals surface area (Å²) in [6.45, 7) is 12.9. The second-order valence-electron chi connectivity index (χ2n) is 26.0. The monoisotopic (exact) mass is 1270 g/mol. The van der Waals surface area contributed by atoms with E-state index in [2.05, 4.69) is 41.5 Å². The molecular weight excluding hydrogens is 1130 g/mol. The maximum Gasteiger partial charge on any atom is 0.339 e. The van der Waals surface area contributed by atoms with E-state index in [1.165, 1.54) is 154 Å². The van der Waals surface area contributed by atoms with E-state index in [0.717, 1.165) is 154 Å². The minimum absolute atomic E-state index is 0.0617. The Morgan fingerprint density at radius 1 is 0.156 bits per heavy atom. The van der Waals surface area contributed by atoms with Gasteiger partial charge in [-0.1, -0.05) is 350 Å². The maximum absolute atomic E-state index is 15.2. The highest BCUT2D eigenvalue weighted by Crippen LogP contribution is 2.34. The molecule has 12 heteroatoms. The normalized spacial score (nSPS) is 11.3. The van der Waals surface area contributed by atoms with Crippen LogP contribution in [0.3, 0.4) is 0 Å². The van der Waals surface area contributed by atoms with E-state index >= 15 is 28.8 Å². The first-order valence-corrected chi connectivity index (χ1v) is 38.4. The summed E-state index contributed by atoms with van der Waals surface area (Å²) in [4.78, 5) is 91.5. The molecule has 0 aliphatic carbocycles. The Labute approximate surface area is 551 Å². The highest BCUT2D eigenvalue weighted by Gasteiger charge is 2.43. The fraction of sp³-hybridized carbons (Fsp3) is 0.846. The summed E-state index contributed by atoms with van der Waals surface area (Å²) in [6.07, 6.45) is 55.1. The lowest BCUT2D eigenvalue weighted by Gasteiger charge is -2.23. The molecule has 0 radical (unpaired) electrons. The molecule has 1 aromatic rings. The van der Waals surface area contributed by atoms with Gasteiger partial charge >= 0.3 is 35.8 Å². The number of carbonyl (C=O) groups excluding carboxylic acids is 6. The van der Waals surface area contributed by atoms with Crippen molar-refractivity contribution in [2.24, 2.45) is 0 Å². The van der Waals surface area contributed by atoms with E-state index in [0.29, 0.717) is 38.5 Å². The lowest BCUT2D eigenvalue weighted by molar-refractivity contribution is 0.0385. The van der Waals surface area contributed by atoms with Gasteiger partial charge < -0.3 is 28.4 Å². The van der Waals surface area contributed by atoms with Crippen LogP contribution < -0.4 is 0 Å². The molecule has 1 aromatic carbocycles. The van der Waals surface area contributed by atoms with Gasteiger partial charge in [0.25, 0.3) is 0 Å². The fourth-order valence-electron chi connectivity index (χ4n) is 11.9. The van der Waals surface area contributed by atoms with Crippen molar-refractivity contribution >= 4 is 35.8 Å². The molecule has 90 heavy (non-hydrogen) atoms. The molecule has 12 nitrogen and oxygen atoms in total. The first-order chi connectivity index (χ1) is 44.2. The molecule has 0 bridgehead atoms. The Hall–Kier alpha value is -3.96. The van der Waals surface area contributed by atoms with Crippen LogP contribution in [0, 0.1) is 0 Å². The Balaban J connectivity index is 4.18. The molecule has 0 fully saturated rings. The predicted molar refractivity (Wildman–Crippen MR) is 371 cm³/mol. The van der Waals surface area contributed by atoms with Gasteiger partial charge in [-0.05, 0) is 38.5 Å². The average molecular weight is 1270 g/mol. The van der Waals surface area contributed by atoms with E-state index in [9.17, 15) is 0 Å². The van der Waals surface area contributed by atoms with E-state index < -0.39 is 69.2 Å². The van der Waals surface area contributed by atoms with Gasteiger partial charge in [-0.3, -0.25) is 0 Å². The highest BCUT2D eigenvalue weighted by molar-refractivity contribution is 6.24. The molecule has 0 unspecified atom stereocenters. The van der Waals surface area contributed by atoms with E-state index in [1.54, 1.807) is 0 Å². The molecule has 0 saturated carbocycles. The van der Waals surface area contributed by atoms with Crippen LogP contribution in [0.4, 0.5) is 0 Å². The van der Waals surface area contributed by atoms with Gasteiger partial charge in [-0.15, -0.1) is 0 Å². The standard InChI is InChI=1S/C78H138O12/c1-7-13-19-25-31-37-43-49-55-61-85-73(79)67-68(74(80)86-62-56-50-44-38-32-26-20-14-8-2)70(76(82)88-64-58-52-46-40-34-28-22-16-10-4)72(78(84)90-66-60-54-48-42-36-30-24-18-12-6)71(77(83)89-65-59-53-47-41-35-29-23-17-11-5)69(67)75(81)87-63-57-51-45-39-33-27-21-15-9-3/h7-66H2,1-6H3. The number of carbonyl (C=O) groups is 6. The molecule has 0 aromatic heterocycles. The van der Waals surface area contributed by atoms with Gasteiger partial charge in [-0.2, -0.15) is 0 Å². The number of unbranched alkanes of at least 4 members (excludes halogenated alkanes) is 48. The summed E-state index contributed by atoms with van der Waals surface area (Å²) < 4.78 is 36.3. The molecule has 1 rings (SSSR count). The zero-order valence-electron chi connectivity index (χ0n) is 59.3. The van der Waals surface area contributed by atoms with Gasteiger partial charge in [0.05, 0.1) is 73.0 Å². The van der Waals surface area contributed by atoms with Crippen molar-refractivity contribution in [3.05, 3.63) is 33.4 Å². The lowest BCUT2D eigenvalue weighted by atomic mass is 9.85. The quantitative estimate of drug-likeness (QED) is 0.0346. The summed E-state index contributed by atoms with van der Waals surface area (Å²) in [7, 11) is 0. The molecule has 0 spiro atoms. The number of rotatable bonds is 66. The van der Waals surface area contributed by atoms with Gasteiger partial charge in [0.2, 0.25) is 0 Å². The van der Waals surface area contributed by atoms with Gasteiger partial charge in [0.1, 0.15) is 0 Å². The third-order valence-corrected chi connectivity index (χ3v) is 17.6. The third kappa shape index (κ3) is 43.0. The molecule has 0 aliphatic heterocycles. The van der Waals surface area contributed by atoms with Crippen LogP contribution in [0.5, 0.6) is 0 Å². The molecule has 0 atom stereocenters. The number of hydrogen-bond donors (Lipinski definition) is 0. The molecule has 522 valence electrons. The van der Waals surface area contributed by atoms with Crippen molar-refractivity contribution in [2.75, 3.05) is 39.6 Å². The Morgan fingerprint density at radius 3 is 0.344 bits per heavy atom. The van der Waals surface area contributed by atoms with Crippen molar-refractivity contribution in [3.63, 3.8) is 0 Å². The smallest absolute Gasteiger partial charge is 0.339 e. The van der Waals surface area contributed by atoms with Gasteiger partial charge in [-0.25, -0.2) is 28.8 Å². The van der Waals surface area contributed by atoms with Crippen LogP contribution in [0.25, 0.3) is 0 Å². The predicted octanol–water partition coefficient (Wildman–Crippen LogP) is 23.8. The van der Waals surface area contributed by atoms with Crippen molar-refractivity contribution in [3.8, 4) is 0 Å². The van der Waals surface area contributed by atoms with E-state index in [4.69, 9.17) is 28.4 Å². The van der Waals surface area contributed by atoms with Gasteiger partial charge in [0, 0.05) is 0 Å². The summed E-state index contributed by atoms with van der Waals surface area (Å²) in [6, 6.07) is 0. The van der Waals surface area contributed by atoms with Crippen molar-refractivity contribution in [2.45, 2.75) is 388 Å².